The minimum Gasteiger partial charge on any atom is -0.481 e. The van der Waals surface area contributed by atoms with E-state index >= 15 is 0 Å². The minimum absolute atomic E-state index is 0.0627. The molecule has 0 aromatic heterocycles. The summed E-state index contributed by atoms with van der Waals surface area (Å²) in [6.45, 7) is 1.86. The van der Waals surface area contributed by atoms with Crippen molar-refractivity contribution in [3.05, 3.63) is 0 Å². The van der Waals surface area contributed by atoms with Crippen LogP contribution in [-0.4, -0.2) is 47.7 Å². The van der Waals surface area contributed by atoms with Crippen molar-refractivity contribution in [2.75, 3.05) is 19.6 Å². The van der Waals surface area contributed by atoms with Crippen LogP contribution < -0.4 is 11.1 Å². The third-order valence-corrected chi connectivity index (χ3v) is 3.24. The summed E-state index contributed by atoms with van der Waals surface area (Å²) < 4.78 is 0. The van der Waals surface area contributed by atoms with E-state index in [9.17, 15) is 9.59 Å². The standard InChI is InChI=1S/C12H23N3O3/c13-7-3-8-14-12(18)15-9-2-1-4-10(15)5-6-11(16)17/h10H,1-9,13H2,(H,14,18)(H,16,17). The van der Waals surface area contributed by atoms with Crippen molar-refractivity contribution in [3.63, 3.8) is 0 Å². The summed E-state index contributed by atoms with van der Waals surface area (Å²) in [7, 11) is 0. The Morgan fingerprint density at radius 2 is 2.17 bits per heavy atom. The van der Waals surface area contributed by atoms with Gasteiger partial charge in [-0.1, -0.05) is 0 Å². The summed E-state index contributed by atoms with van der Waals surface area (Å²) in [5.74, 6) is -0.802. The van der Waals surface area contributed by atoms with Crippen molar-refractivity contribution < 1.29 is 14.7 Å². The lowest BCUT2D eigenvalue weighted by molar-refractivity contribution is -0.137. The van der Waals surface area contributed by atoms with Gasteiger partial charge in [0.05, 0.1) is 0 Å². The first-order valence-corrected chi connectivity index (χ1v) is 6.61. The second-order valence-electron chi connectivity index (χ2n) is 4.65. The van der Waals surface area contributed by atoms with Crippen LogP contribution in [0.2, 0.25) is 0 Å². The molecule has 1 rings (SSSR count). The zero-order valence-corrected chi connectivity index (χ0v) is 10.7. The Hall–Kier alpha value is -1.30. The topological polar surface area (TPSA) is 95.7 Å². The number of urea groups is 1. The smallest absolute Gasteiger partial charge is 0.317 e. The van der Waals surface area contributed by atoms with Crippen molar-refractivity contribution in [1.29, 1.82) is 0 Å². The van der Waals surface area contributed by atoms with E-state index in [2.05, 4.69) is 5.32 Å². The highest BCUT2D eigenvalue weighted by molar-refractivity contribution is 5.74. The molecule has 1 aliphatic rings. The number of nitrogens with two attached hydrogens (primary N) is 1. The molecule has 2 amide bonds. The Morgan fingerprint density at radius 3 is 2.83 bits per heavy atom. The number of carbonyl (C=O) groups excluding carboxylic acids is 1. The van der Waals surface area contributed by atoms with Gasteiger partial charge in [-0.15, -0.1) is 0 Å². The SMILES string of the molecule is NCCCNC(=O)N1CCCCC1CCC(=O)O. The van der Waals surface area contributed by atoms with Crippen LogP contribution in [0.3, 0.4) is 0 Å². The minimum atomic E-state index is -0.802. The molecular weight excluding hydrogens is 234 g/mol. The number of carbonyl (C=O) groups is 2. The average Bonchev–Trinajstić information content (AvgIpc) is 2.37. The van der Waals surface area contributed by atoms with Crippen LogP contribution >= 0.6 is 0 Å². The number of hydrogen-bond donors (Lipinski definition) is 3. The Bertz CT molecular complexity index is 284. The Kier molecular flexibility index (Phi) is 6.49. The van der Waals surface area contributed by atoms with Crippen LogP contribution in [0.4, 0.5) is 4.79 Å². The second-order valence-corrected chi connectivity index (χ2v) is 4.65. The summed E-state index contributed by atoms with van der Waals surface area (Å²) in [5, 5.41) is 11.5. The molecule has 0 saturated carbocycles. The Labute approximate surface area is 108 Å². The monoisotopic (exact) mass is 257 g/mol. The lowest BCUT2D eigenvalue weighted by Gasteiger charge is -2.35. The molecule has 0 aliphatic carbocycles. The molecule has 0 radical (unpaired) electrons. The molecule has 0 aromatic carbocycles. The van der Waals surface area contributed by atoms with Gasteiger partial charge in [-0.3, -0.25) is 4.79 Å². The van der Waals surface area contributed by atoms with Gasteiger partial charge >= 0.3 is 12.0 Å². The van der Waals surface area contributed by atoms with E-state index < -0.39 is 5.97 Å². The molecule has 6 heteroatoms. The first kappa shape index (κ1) is 14.8. The number of nitrogens with one attached hydrogen (secondary N) is 1. The van der Waals surface area contributed by atoms with Crippen LogP contribution in [-0.2, 0) is 4.79 Å². The normalized spacial score (nSPS) is 19.6. The van der Waals surface area contributed by atoms with Gasteiger partial charge in [0.25, 0.3) is 0 Å². The molecule has 1 saturated heterocycles. The van der Waals surface area contributed by atoms with Gasteiger partial charge in [-0.2, -0.15) is 0 Å². The molecule has 1 fully saturated rings. The van der Waals surface area contributed by atoms with E-state index in [-0.39, 0.29) is 18.5 Å². The number of likely N-dealkylation sites (tertiary alicyclic amines) is 1. The Balaban J connectivity index is 2.42. The molecular formula is C12H23N3O3. The second kappa shape index (κ2) is 7.92. The number of carboxylic acid groups (broad SMARTS) is 1. The molecule has 1 atom stereocenters. The maximum atomic E-state index is 12.0. The third-order valence-electron chi connectivity index (χ3n) is 3.24. The molecule has 1 aliphatic heterocycles. The van der Waals surface area contributed by atoms with Crippen molar-refractivity contribution in [2.24, 2.45) is 5.73 Å². The highest BCUT2D eigenvalue weighted by atomic mass is 16.4. The zero-order valence-electron chi connectivity index (χ0n) is 10.7. The average molecular weight is 257 g/mol. The van der Waals surface area contributed by atoms with Crippen LogP contribution in [0.5, 0.6) is 0 Å². The fourth-order valence-corrected chi connectivity index (χ4v) is 2.26. The van der Waals surface area contributed by atoms with Gasteiger partial charge in [0, 0.05) is 25.6 Å². The van der Waals surface area contributed by atoms with Crippen LogP contribution in [0, 0.1) is 0 Å². The number of aliphatic carboxylic acids is 1. The van der Waals surface area contributed by atoms with Crippen LogP contribution in [0.1, 0.15) is 38.5 Å². The molecule has 0 spiro atoms. The first-order chi connectivity index (χ1) is 8.65. The van der Waals surface area contributed by atoms with E-state index in [1.165, 1.54) is 0 Å². The molecule has 104 valence electrons. The van der Waals surface area contributed by atoms with E-state index in [0.717, 1.165) is 32.2 Å². The van der Waals surface area contributed by atoms with Gasteiger partial charge in [0.2, 0.25) is 0 Å². The number of hydrogen-bond acceptors (Lipinski definition) is 3. The Morgan fingerprint density at radius 1 is 1.39 bits per heavy atom. The lowest BCUT2D eigenvalue weighted by atomic mass is 9.98. The first-order valence-electron chi connectivity index (χ1n) is 6.61. The van der Waals surface area contributed by atoms with Gasteiger partial charge in [0.1, 0.15) is 0 Å². The molecule has 1 heterocycles. The van der Waals surface area contributed by atoms with Gasteiger partial charge in [-0.05, 0) is 38.6 Å². The predicted molar refractivity (Wildman–Crippen MR) is 68.3 cm³/mol. The lowest BCUT2D eigenvalue weighted by Crippen LogP contribution is -2.49. The number of rotatable bonds is 6. The molecule has 18 heavy (non-hydrogen) atoms. The molecule has 0 aromatic rings. The molecule has 6 nitrogen and oxygen atoms in total. The largest absolute Gasteiger partial charge is 0.481 e. The summed E-state index contributed by atoms with van der Waals surface area (Å²) in [6.07, 6.45) is 4.39. The number of amides is 2. The third kappa shape index (κ3) is 4.91. The highest BCUT2D eigenvalue weighted by Crippen LogP contribution is 2.20. The van der Waals surface area contributed by atoms with Crippen molar-refractivity contribution in [2.45, 2.75) is 44.6 Å². The van der Waals surface area contributed by atoms with E-state index in [1.54, 1.807) is 4.90 Å². The number of piperidine rings is 1. The highest BCUT2D eigenvalue weighted by Gasteiger charge is 2.26. The molecule has 0 bridgehead atoms. The van der Waals surface area contributed by atoms with Gasteiger partial charge in [0.15, 0.2) is 0 Å². The quantitative estimate of drug-likeness (QED) is 0.612. The molecule has 4 N–H and O–H groups in total. The maximum absolute atomic E-state index is 12.0. The summed E-state index contributed by atoms with van der Waals surface area (Å²) in [5.41, 5.74) is 5.37. The van der Waals surface area contributed by atoms with Gasteiger partial charge < -0.3 is 21.1 Å². The van der Waals surface area contributed by atoms with Crippen molar-refractivity contribution in [1.82, 2.24) is 10.2 Å². The van der Waals surface area contributed by atoms with E-state index in [4.69, 9.17) is 10.8 Å². The number of carboxylic acids is 1. The van der Waals surface area contributed by atoms with E-state index in [0.29, 0.717) is 19.5 Å². The zero-order chi connectivity index (χ0) is 13.4. The summed E-state index contributed by atoms with van der Waals surface area (Å²) in [6, 6.07) is -0.0220. The number of nitrogens with zero attached hydrogens (tertiary/aromatic N) is 1. The van der Waals surface area contributed by atoms with Crippen molar-refractivity contribution in [3.8, 4) is 0 Å². The molecule has 1 unspecified atom stereocenters. The fourth-order valence-electron chi connectivity index (χ4n) is 2.26. The predicted octanol–water partition coefficient (Wildman–Crippen LogP) is 0.764. The van der Waals surface area contributed by atoms with Gasteiger partial charge in [-0.25, -0.2) is 4.79 Å². The summed E-state index contributed by atoms with van der Waals surface area (Å²) in [4.78, 5) is 24.3. The van der Waals surface area contributed by atoms with Crippen LogP contribution in [0.25, 0.3) is 0 Å². The fraction of sp³-hybridized carbons (Fsp3) is 0.833. The maximum Gasteiger partial charge on any atom is 0.317 e. The van der Waals surface area contributed by atoms with Crippen molar-refractivity contribution >= 4 is 12.0 Å². The van der Waals surface area contributed by atoms with Crippen LogP contribution in [0.15, 0.2) is 0 Å². The summed E-state index contributed by atoms with van der Waals surface area (Å²) >= 11 is 0. The van der Waals surface area contributed by atoms with E-state index in [1.807, 2.05) is 0 Å².